The lowest BCUT2D eigenvalue weighted by molar-refractivity contribution is -0.394. The van der Waals surface area contributed by atoms with Gasteiger partial charge in [-0.3, -0.25) is 25.0 Å². The number of nitrogens with zero attached hydrogens (tertiary/aromatic N) is 3. The molecule has 0 bridgehead atoms. The van der Waals surface area contributed by atoms with Gasteiger partial charge in [0.2, 0.25) is 0 Å². The number of benzene rings is 1. The van der Waals surface area contributed by atoms with Gasteiger partial charge in [0.05, 0.1) is 21.5 Å². The average molecular weight is 336 g/mol. The lowest BCUT2D eigenvalue weighted by atomic mass is 10.0. The first-order valence-corrected chi connectivity index (χ1v) is 7.87. The van der Waals surface area contributed by atoms with Crippen LogP contribution in [0.3, 0.4) is 0 Å². The molecule has 1 amide bonds. The van der Waals surface area contributed by atoms with Crippen molar-refractivity contribution in [1.82, 2.24) is 10.2 Å². The van der Waals surface area contributed by atoms with Crippen LogP contribution >= 0.6 is 0 Å². The van der Waals surface area contributed by atoms with Crippen LogP contribution in [-0.2, 0) is 0 Å². The fraction of sp³-hybridized carbons (Fsp3) is 0.533. The summed E-state index contributed by atoms with van der Waals surface area (Å²) >= 11 is 0. The number of non-ortho nitro benzene ring substituents is 2. The summed E-state index contributed by atoms with van der Waals surface area (Å²) in [7, 11) is 0. The number of carbonyl (C=O) groups is 1. The Morgan fingerprint density at radius 2 is 1.71 bits per heavy atom. The van der Waals surface area contributed by atoms with Crippen molar-refractivity contribution in [3.63, 3.8) is 0 Å². The van der Waals surface area contributed by atoms with E-state index in [1.165, 1.54) is 0 Å². The quantitative estimate of drug-likeness (QED) is 0.627. The predicted octanol–water partition coefficient (Wildman–Crippen LogP) is 2.11. The summed E-state index contributed by atoms with van der Waals surface area (Å²) < 4.78 is 0. The van der Waals surface area contributed by atoms with Crippen LogP contribution in [-0.4, -0.2) is 46.3 Å². The molecule has 2 rings (SSSR count). The molecule has 0 radical (unpaired) electrons. The maximum atomic E-state index is 12.3. The lowest BCUT2D eigenvalue weighted by Gasteiger charge is -2.32. The van der Waals surface area contributed by atoms with Crippen molar-refractivity contribution < 1.29 is 14.6 Å². The van der Waals surface area contributed by atoms with Crippen LogP contribution in [0.1, 0.15) is 36.5 Å². The van der Waals surface area contributed by atoms with E-state index >= 15 is 0 Å². The second-order valence-corrected chi connectivity index (χ2v) is 5.84. The molecule has 0 aliphatic carbocycles. The summed E-state index contributed by atoms with van der Waals surface area (Å²) in [5.41, 5.74) is -0.994. The molecule has 1 aliphatic heterocycles. The monoisotopic (exact) mass is 336 g/mol. The Morgan fingerprint density at radius 1 is 1.17 bits per heavy atom. The first-order valence-electron chi connectivity index (χ1n) is 7.87. The molecular formula is C15H20N4O5. The number of amides is 1. The molecule has 1 heterocycles. The van der Waals surface area contributed by atoms with E-state index in [1.54, 1.807) is 0 Å². The highest BCUT2D eigenvalue weighted by Crippen LogP contribution is 2.23. The zero-order valence-electron chi connectivity index (χ0n) is 13.4. The van der Waals surface area contributed by atoms with Crippen molar-refractivity contribution in [2.24, 2.45) is 0 Å². The fourth-order valence-electron chi connectivity index (χ4n) is 2.82. The first-order chi connectivity index (χ1) is 11.4. The molecule has 0 atom stereocenters. The van der Waals surface area contributed by atoms with Crippen LogP contribution in [0.2, 0.25) is 0 Å². The summed E-state index contributed by atoms with van der Waals surface area (Å²) in [6, 6.07) is 2.95. The highest BCUT2D eigenvalue weighted by Gasteiger charge is 2.23. The minimum absolute atomic E-state index is 0.0241. The zero-order valence-corrected chi connectivity index (χ0v) is 13.4. The predicted molar refractivity (Wildman–Crippen MR) is 87.0 cm³/mol. The van der Waals surface area contributed by atoms with E-state index in [4.69, 9.17) is 0 Å². The standard InChI is InChI=1S/C15H20N4O5/c1-2-5-17-6-3-12(4-7-17)16-15(20)11-8-13(18(21)22)10-14(9-11)19(23)24/h8-10,12H,2-7H2,1H3,(H,16,20). The maximum Gasteiger partial charge on any atom is 0.277 e. The summed E-state index contributed by atoms with van der Waals surface area (Å²) in [6.45, 7) is 4.91. The third-order valence-corrected chi connectivity index (χ3v) is 4.05. The van der Waals surface area contributed by atoms with Gasteiger partial charge in [-0.2, -0.15) is 0 Å². The van der Waals surface area contributed by atoms with Crippen molar-refractivity contribution in [2.75, 3.05) is 19.6 Å². The molecule has 1 aromatic carbocycles. The molecule has 9 heteroatoms. The molecule has 1 aromatic rings. The van der Waals surface area contributed by atoms with E-state index in [-0.39, 0.29) is 11.6 Å². The van der Waals surface area contributed by atoms with Crippen LogP contribution in [0.25, 0.3) is 0 Å². The fourth-order valence-corrected chi connectivity index (χ4v) is 2.82. The molecule has 0 spiro atoms. The van der Waals surface area contributed by atoms with Gasteiger partial charge in [-0.25, -0.2) is 0 Å². The Morgan fingerprint density at radius 3 is 2.17 bits per heavy atom. The van der Waals surface area contributed by atoms with Crippen molar-refractivity contribution >= 4 is 17.3 Å². The first kappa shape index (κ1) is 17.8. The van der Waals surface area contributed by atoms with Gasteiger partial charge < -0.3 is 10.2 Å². The minimum atomic E-state index is -0.743. The molecule has 1 saturated heterocycles. The van der Waals surface area contributed by atoms with E-state index in [1.807, 2.05) is 0 Å². The van der Waals surface area contributed by atoms with E-state index in [2.05, 4.69) is 17.1 Å². The summed E-state index contributed by atoms with van der Waals surface area (Å²) in [4.78, 5) is 34.9. The number of carbonyl (C=O) groups excluding carboxylic acids is 1. The molecule has 0 unspecified atom stereocenters. The molecule has 1 N–H and O–H groups in total. The Hall–Kier alpha value is -2.55. The van der Waals surface area contributed by atoms with Gasteiger partial charge in [0.15, 0.2) is 0 Å². The Kier molecular flexibility index (Phi) is 5.80. The number of likely N-dealkylation sites (tertiary alicyclic amines) is 1. The van der Waals surface area contributed by atoms with Crippen LogP contribution in [0, 0.1) is 20.2 Å². The summed E-state index contributed by atoms with van der Waals surface area (Å²) in [6.07, 6.45) is 2.67. The van der Waals surface area contributed by atoms with E-state index in [9.17, 15) is 25.0 Å². The van der Waals surface area contributed by atoms with Crippen molar-refractivity contribution in [3.05, 3.63) is 44.0 Å². The molecule has 24 heavy (non-hydrogen) atoms. The smallest absolute Gasteiger partial charge is 0.277 e. The number of rotatable bonds is 6. The Balaban J connectivity index is 2.07. The van der Waals surface area contributed by atoms with Gasteiger partial charge in [-0.05, 0) is 25.8 Å². The molecule has 1 aliphatic rings. The van der Waals surface area contributed by atoms with Crippen molar-refractivity contribution in [2.45, 2.75) is 32.2 Å². The Bertz CT molecular complexity index is 609. The van der Waals surface area contributed by atoms with Crippen LogP contribution < -0.4 is 5.32 Å². The van der Waals surface area contributed by atoms with E-state index in [0.717, 1.165) is 57.1 Å². The molecule has 0 aromatic heterocycles. The second-order valence-electron chi connectivity index (χ2n) is 5.84. The van der Waals surface area contributed by atoms with E-state index in [0.29, 0.717) is 0 Å². The molecule has 9 nitrogen and oxygen atoms in total. The maximum absolute atomic E-state index is 12.3. The molecular weight excluding hydrogens is 316 g/mol. The van der Waals surface area contributed by atoms with Crippen LogP contribution in [0.5, 0.6) is 0 Å². The van der Waals surface area contributed by atoms with Crippen LogP contribution in [0.4, 0.5) is 11.4 Å². The number of nitro benzene ring substituents is 2. The third-order valence-electron chi connectivity index (χ3n) is 4.05. The lowest BCUT2D eigenvalue weighted by Crippen LogP contribution is -2.44. The van der Waals surface area contributed by atoms with E-state index < -0.39 is 27.1 Å². The Labute approximate surface area is 138 Å². The van der Waals surface area contributed by atoms with Crippen molar-refractivity contribution in [1.29, 1.82) is 0 Å². The zero-order chi connectivity index (χ0) is 17.7. The average Bonchev–Trinajstić information content (AvgIpc) is 2.56. The molecule has 0 saturated carbocycles. The highest BCUT2D eigenvalue weighted by atomic mass is 16.6. The number of nitrogens with one attached hydrogen (secondary N) is 1. The topological polar surface area (TPSA) is 119 Å². The van der Waals surface area contributed by atoms with Crippen molar-refractivity contribution in [3.8, 4) is 0 Å². The van der Waals surface area contributed by atoms with Gasteiger partial charge in [0.25, 0.3) is 17.3 Å². The minimum Gasteiger partial charge on any atom is -0.349 e. The summed E-state index contributed by atoms with van der Waals surface area (Å²) in [5.74, 6) is -0.518. The SMILES string of the molecule is CCCN1CCC(NC(=O)c2cc([N+](=O)[O-])cc([N+](=O)[O-])c2)CC1. The van der Waals surface area contributed by atoms with Gasteiger partial charge in [0.1, 0.15) is 0 Å². The normalized spacial score (nSPS) is 15.9. The number of hydrogen-bond acceptors (Lipinski definition) is 6. The van der Waals surface area contributed by atoms with Gasteiger partial charge in [0, 0.05) is 31.3 Å². The largest absolute Gasteiger partial charge is 0.349 e. The second kappa shape index (κ2) is 7.82. The highest BCUT2D eigenvalue weighted by molar-refractivity contribution is 5.95. The number of hydrogen-bond donors (Lipinski definition) is 1. The van der Waals surface area contributed by atoms with Gasteiger partial charge in [-0.1, -0.05) is 6.92 Å². The number of piperidine rings is 1. The number of nitro groups is 2. The van der Waals surface area contributed by atoms with Crippen LogP contribution in [0.15, 0.2) is 18.2 Å². The summed E-state index contributed by atoms with van der Waals surface area (Å²) in [5, 5.41) is 24.6. The third kappa shape index (κ3) is 4.48. The molecule has 130 valence electrons. The van der Waals surface area contributed by atoms with Gasteiger partial charge >= 0.3 is 0 Å². The van der Waals surface area contributed by atoms with Gasteiger partial charge in [-0.15, -0.1) is 0 Å². The molecule has 1 fully saturated rings.